The molecule has 0 aliphatic carbocycles. The molecule has 7 nitrogen and oxygen atoms in total. The van der Waals surface area contributed by atoms with Crippen LogP contribution >= 0.6 is 0 Å². The maximum atomic E-state index is 12.8. The van der Waals surface area contributed by atoms with E-state index in [4.69, 9.17) is 9.47 Å². The minimum atomic E-state index is 0.0400. The number of piperazine rings is 1. The normalized spacial score (nSPS) is 14.4. The van der Waals surface area contributed by atoms with Crippen LogP contribution in [0.3, 0.4) is 0 Å². The quantitative estimate of drug-likeness (QED) is 0.416. The van der Waals surface area contributed by atoms with E-state index in [1.807, 2.05) is 65.0 Å². The SMILES string of the molecule is CCn1cc(CN2CCN(C(=O)/C=C/c3ccc(OC)c(COc4ccccc4C)c3)CC2)c(C)n1. The van der Waals surface area contributed by atoms with Gasteiger partial charge >= 0.3 is 0 Å². The van der Waals surface area contributed by atoms with E-state index in [1.165, 1.54) is 5.56 Å². The number of hydrogen-bond donors (Lipinski definition) is 0. The molecule has 1 aliphatic rings. The summed E-state index contributed by atoms with van der Waals surface area (Å²) in [6.07, 6.45) is 5.66. The summed E-state index contributed by atoms with van der Waals surface area (Å²) in [6.45, 7) is 11.5. The molecule has 0 unspecified atom stereocenters. The first-order valence-electron chi connectivity index (χ1n) is 12.5. The molecule has 1 aliphatic heterocycles. The fourth-order valence-electron chi connectivity index (χ4n) is 4.41. The number of carbonyl (C=O) groups is 1. The Hall–Kier alpha value is -3.58. The molecule has 190 valence electrons. The summed E-state index contributed by atoms with van der Waals surface area (Å²) in [7, 11) is 1.66. The van der Waals surface area contributed by atoms with E-state index < -0.39 is 0 Å². The minimum Gasteiger partial charge on any atom is -0.496 e. The number of para-hydroxylation sites is 1. The van der Waals surface area contributed by atoms with Gasteiger partial charge in [0.2, 0.25) is 5.91 Å². The fraction of sp³-hybridized carbons (Fsp3) is 0.379. The zero-order valence-electron chi connectivity index (χ0n) is 21.7. The molecule has 2 aromatic carbocycles. The zero-order valence-corrected chi connectivity index (χ0v) is 21.7. The lowest BCUT2D eigenvalue weighted by molar-refractivity contribution is -0.127. The van der Waals surface area contributed by atoms with Crippen molar-refractivity contribution in [3.05, 3.63) is 82.7 Å². The third-order valence-corrected chi connectivity index (χ3v) is 6.65. The molecule has 0 spiro atoms. The van der Waals surface area contributed by atoms with E-state index >= 15 is 0 Å². The summed E-state index contributed by atoms with van der Waals surface area (Å²) in [5, 5.41) is 4.54. The van der Waals surface area contributed by atoms with Crippen molar-refractivity contribution >= 4 is 12.0 Å². The third kappa shape index (κ3) is 6.34. The van der Waals surface area contributed by atoms with Crippen LogP contribution in [0.25, 0.3) is 6.08 Å². The molecule has 1 saturated heterocycles. The average Bonchev–Trinajstić information content (AvgIpc) is 3.26. The van der Waals surface area contributed by atoms with Gasteiger partial charge in [-0.2, -0.15) is 5.10 Å². The standard InChI is InChI=1S/C29H36N4O3/c1-5-33-20-26(23(3)30-33)19-31-14-16-32(17-15-31)29(34)13-11-24-10-12-28(35-4)25(18-24)21-36-27-9-7-6-8-22(27)2/h6-13,18,20H,5,14-17,19,21H2,1-4H3/b13-11+. The lowest BCUT2D eigenvalue weighted by atomic mass is 10.1. The number of hydrogen-bond acceptors (Lipinski definition) is 5. The predicted molar refractivity (Wildman–Crippen MR) is 142 cm³/mol. The molecule has 0 radical (unpaired) electrons. The van der Waals surface area contributed by atoms with Crippen LogP contribution in [0.5, 0.6) is 11.5 Å². The van der Waals surface area contributed by atoms with Crippen LogP contribution in [0, 0.1) is 13.8 Å². The van der Waals surface area contributed by atoms with E-state index in [0.717, 1.165) is 73.2 Å². The van der Waals surface area contributed by atoms with Crippen molar-refractivity contribution in [3.63, 3.8) is 0 Å². The van der Waals surface area contributed by atoms with Gasteiger partial charge in [0.25, 0.3) is 0 Å². The van der Waals surface area contributed by atoms with Crippen LogP contribution in [0.2, 0.25) is 0 Å². The summed E-state index contributed by atoms with van der Waals surface area (Å²) >= 11 is 0. The Morgan fingerprint density at radius 2 is 1.81 bits per heavy atom. The smallest absolute Gasteiger partial charge is 0.246 e. The zero-order chi connectivity index (χ0) is 25.5. The average molecular weight is 489 g/mol. The number of carbonyl (C=O) groups excluding carboxylic acids is 1. The second-order valence-electron chi connectivity index (χ2n) is 9.16. The maximum absolute atomic E-state index is 12.8. The Labute approximate surface area is 213 Å². The summed E-state index contributed by atoms with van der Waals surface area (Å²) in [6, 6.07) is 13.8. The first kappa shape index (κ1) is 25.5. The van der Waals surface area contributed by atoms with Gasteiger partial charge in [0.1, 0.15) is 18.1 Å². The molecule has 0 bridgehead atoms. The van der Waals surface area contributed by atoms with Crippen LogP contribution < -0.4 is 9.47 Å². The molecule has 0 N–H and O–H groups in total. The van der Waals surface area contributed by atoms with Crippen molar-refractivity contribution < 1.29 is 14.3 Å². The summed E-state index contributed by atoms with van der Waals surface area (Å²) < 4.78 is 13.5. The van der Waals surface area contributed by atoms with E-state index in [-0.39, 0.29) is 5.91 Å². The largest absolute Gasteiger partial charge is 0.496 e. The number of rotatable bonds is 9. The molecule has 2 heterocycles. The van der Waals surface area contributed by atoms with Crippen LogP contribution in [0.4, 0.5) is 0 Å². The number of amides is 1. The Kier molecular flexibility index (Phi) is 8.44. The molecule has 3 aromatic rings. The van der Waals surface area contributed by atoms with Crippen molar-refractivity contribution in [2.45, 2.75) is 40.5 Å². The lowest BCUT2D eigenvalue weighted by Crippen LogP contribution is -2.47. The molecular formula is C29H36N4O3. The number of aromatic nitrogens is 2. The van der Waals surface area contributed by atoms with Crippen LogP contribution in [-0.2, 0) is 24.5 Å². The van der Waals surface area contributed by atoms with Gasteiger partial charge < -0.3 is 14.4 Å². The van der Waals surface area contributed by atoms with E-state index in [0.29, 0.717) is 6.61 Å². The van der Waals surface area contributed by atoms with Crippen molar-refractivity contribution in [1.82, 2.24) is 19.6 Å². The van der Waals surface area contributed by atoms with Gasteiger partial charge in [-0.15, -0.1) is 0 Å². The van der Waals surface area contributed by atoms with Gasteiger partial charge in [-0.05, 0) is 56.2 Å². The molecule has 0 saturated carbocycles. The van der Waals surface area contributed by atoms with Crippen LogP contribution in [0.1, 0.15) is 34.9 Å². The van der Waals surface area contributed by atoms with Gasteiger partial charge in [-0.25, -0.2) is 0 Å². The monoisotopic (exact) mass is 488 g/mol. The van der Waals surface area contributed by atoms with Crippen molar-refractivity contribution in [2.75, 3.05) is 33.3 Å². The van der Waals surface area contributed by atoms with Gasteiger partial charge in [-0.3, -0.25) is 14.4 Å². The van der Waals surface area contributed by atoms with E-state index in [2.05, 4.69) is 30.0 Å². The number of aryl methyl sites for hydroxylation is 3. The number of methoxy groups -OCH3 is 1. The molecule has 4 rings (SSSR count). The molecule has 1 fully saturated rings. The van der Waals surface area contributed by atoms with Crippen LogP contribution in [-0.4, -0.2) is 58.8 Å². The van der Waals surface area contributed by atoms with Crippen molar-refractivity contribution in [1.29, 1.82) is 0 Å². The highest BCUT2D eigenvalue weighted by Gasteiger charge is 2.20. The lowest BCUT2D eigenvalue weighted by Gasteiger charge is -2.34. The van der Waals surface area contributed by atoms with Crippen molar-refractivity contribution in [3.8, 4) is 11.5 Å². The molecule has 36 heavy (non-hydrogen) atoms. The molecule has 1 amide bonds. The maximum Gasteiger partial charge on any atom is 0.246 e. The Balaban J connectivity index is 1.32. The van der Waals surface area contributed by atoms with Crippen molar-refractivity contribution in [2.24, 2.45) is 0 Å². The first-order valence-corrected chi connectivity index (χ1v) is 12.5. The van der Waals surface area contributed by atoms with E-state index in [9.17, 15) is 4.79 Å². The van der Waals surface area contributed by atoms with Gasteiger partial charge in [0.05, 0.1) is 12.8 Å². The first-order chi connectivity index (χ1) is 17.5. The highest BCUT2D eigenvalue weighted by atomic mass is 16.5. The minimum absolute atomic E-state index is 0.0400. The molecule has 0 atom stereocenters. The Morgan fingerprint density at radius 3 is 2.50 bits per heavy atom. The van der Waals surface area contributed by atoms with Crippen LogP contribution in [0.15, 0.2) is 54.7 Å². The fourth-order valence-corrected chi connectivity index (χ4v) is 4.41. The molecule has 7 heteroatoms. The Morgan fingerprint density at radius 1 is 1.03 bits per heavy atom. The van der Waals surface area contributed by atoms with Gasteiger partial charge in [0, 0.05) is 62.7 Å². The number of benzene rings is 2. The van der Waals surface area contributed by atoms with E-state index in [1.54, 1.807) is 13.2 Å². The second kappa shape index (κ2) is 11.9. The highest BCUT2D eigenvalue weighted by Crippen LogP contribution is 2.24. The highest BCUT2D eigenvalue weighted by molar-refractivity contribution is 5.91. The summed E-state index contributed by atoms with van der Waals surface area (Å²) in [5.74, 6) is 1.66. The topological polar surface area (TPSA) is 59.8 Å². The number of ether oxygens (including phenoxy) is 2. The number of nitrogens with zero attached hydrogens (tertiary/aromatic N) is 4. The molecule has 1 aromatic heterocycles. The summed E-state index contributed by atoms with van der Waals surface area (Å²) in [5.41, 5.74) is 5.31. The molecular weight excluding hydrogens is 452 g/mol. The van der Waals surface area contributed by atoms with Gasteiger partial charge in [-0.1, -0.05) is 24.3 Å². The van der Waals surface area contributed by atoms with Gasteiger partial charge in [0.15, 0.2) is 0 Å². The Bertz CT molecular complexity index is 1210. The third-order valence-electron chi connectivity index (χ3n) is 6.65. The summed E-state index contributed by atoms with van der Waals surface area (Å²) in [4.78, 5) is 17.2. The second-order valence-corrected chi connectivity index (χ2v) is 9.16. The predicted octanol–water partition coefficient (Wildman–Crippen LogP) is 4.47.